The maximum Gasteiger partial charge on any atom is 0.305 e. The fraction of sp³-hybridized carbons (Fsp3) is 0.240. The van der Waals surface area contributed by atoms with Gasteiger partial charge in [-0.2, -0.15) is 5.10 Å². The molecule has 0 aliphatic heterocycles. The molecule has 0 saturated carbocycles. The number of carbonyl (C=O) groups is 2. The van der Waals surface area contributed by atoms with E-state index in [1.54, 1.807) is 30.3 Å². The summed E-state index contributed by atoms with van der Waals surface area (Å²) >= 11 is 13.7. The molecule has 0 fully saturated rings. The Hall–Kier alpha value is -2.94. The second-order valence-electron chi connectivity index (χ2n) is 8.13. The lowest BCUT2D eigenvalue weighted by Crippen LogP contribution is -2.25. The van der Waals surface area contributed by atoms with Crippen LogP contribution < -0.4 is 5.32 Å². The first-order chi connectivity index (χ1) is 16.7. The molecule has 4 rings (SSSR count). The molecule has 2 unspecified atom stereocenters. The zero-order valence-electron chi connectivity index (χ0n) is 18.7. The van der Waals surface area contributed by atoms with Crippen LogP contribution in [0.3, 0.4) is 0 Å². The van der Waals surface area contributed by atoms with E-state index in [0.717, 1.165) is 16.1 Å². The van der Waals surface area contributed by atoms with E-state index in [-0.39, 0.29) is 36.7 Å². The summed E-state index contributed by atoms with van der Waals surface area (Å²) in [6.45, 7) is 2.04. The van der Waals surface area contributed by atoms with Crippen molar-refractivity contribution in [2.24, 2.45) is 0 Å². The number of rotatable bonds is 8. The number of carbonyl (C=O) groups excluding carboxylic acids is 1. The number of carboxylic acids is 1. The van der Waals surface area contributed by atoms with Crippen molar-refractivity contribution in [3.8, 4) is 11.3 Å². The maximum absolute atomic E-state index is 13.6. The number of hydrogen-bond acceptors (Lipinski definition) is 4. The molecule has 10 heteroatoms. The van der Waals surface area contributed by atoms with Crippen molar-refractivity contribution < 1.29 is 19.1 Å². The average Bonchev–Trinajstić information content (AvgIpc) is 3.46. The second-order valence-corrected chi connectivity index (χ2v) is 10.1. The lowest BCUT2D eigenvalue weighted by atomic mass is 9.95. The summed E-state index contributed by atoms with van der Waals surface area (Å²) in [5.41, 5.74) is 2.34. The van der Waals surface area contributed by atoms with Crippen LogP contribution in [-0.4, -0.2) is 33.3 Å². The van der Waals surface area contributed by atoms with E-state index in [1.165, 1.54) is 17.4 Å². The van der Waals surface area contributed by atoms with Crippen molar-refractivity contribution in [1.82, 2.24) is 15.1 Å². The number of allylic oxidation sites excluding steroid dienone is 4. The first kappa shape index (κ1) is 25.2. The number of halogens is 3. The van der Waals surface area contributed by atoms with Crippen molar-refractivity contribution in [2.45, 2.75) is 31.7 Å². The Morgan fingerprint density at radius 2 is 2.00 bits per heavy atom. The van der Waals surface area contributed by atoms with Crippen LogP contribution in [0.25, 0.3) is 11.3 Å². The van der Waals surface area contributed by atoms with Gasteiger partial charge in [0.1, 0.15) is 5.83 Å². The van der Waals surface area contributed by atoms with Crippen molar-refractivity contribution in [1.29, 1.82) is 0 Å². The van der Waals surface area contributed by atoms with Gasteiger partial charge in [0.15, 0.2) is 0 Å². The molecule has 1 aromatic carbocycles. The monoisotopic (exact) mass is 533 g/mol. The van der Waals surface area contributed by atoms with Crippen LogP contribution in [0.4, 0.5) is 4.39 Å². The zero-order valence-corrected chi connectivity index (χ0v) is 21.0. The molecule has 2 N–H and O–H groups in total. The molecule has 6 nitrogen and oxygen atoms in total. The molecule has 0 radical (unpaired) electrons. The third kappa shape index (κ3) is 6.01. The minimum absolute atomic E-state index is 0.0594. The molecule has 1 amide bonds. The van der Waals surface area contributed by atoms with Crippen LogP contribution in [0.15, 0.2) is 60.5 Å². The topological polar surface area (TPSA) is 84.2 Å². The molecule has 1 aliphatic carbocycles. The third-order valence-corrected chi connectivity index (χ3v) is 7.30. The molecule has 2 heterocycles. The summed E-state index contributed by atoms with van der Waals surface area (Å²) in [5, 5.41) is 17.2. The summed E-state index contributed by atoms with van der Waals surface area (Å²) in [5.74, 6) is -1.63. The van der Waals surface area contributed by atoms with Gasteiger partial charge in [-0.05, 0) is 61.9 Å². The van der Waals surface area contributed by atoms with Gasteiger partial charge in [0.25, 0.3) is 5.91 Å². The van der Waals surface area contributed by atoms with Gasteiger partial charge in [-0.3, -0.25) is 14.3 Å². The average molecular weight is 534 g/mol. The molecule has 2 aromatic heterocycles. The summed E-state index contributed by atoms with van der Waals surface area (Å²) in [4.78, 5) is 24.5. The Morgan fingerprint density at radius 1 is 1.26 bits per heavy atom. The minimum Gasteiger partial charge on any atom is -0.481 e. The first-order valence-corrected chi connectivity index (χ1v) is 12.5. The molecule has 35 heavy (non-hydrogen) atoms. The smallest absolute Gasteiger partial charge is 0.305 e. The molecule has 2 atom stereocenters. The molecule has 1 aliphatic rings. The number of benzene rings is 1. The molecular weight excluding hydrogens is 512 g/mol. The van der Waals surface area contributed by atoms with E-state index in [4.69, 9.17) is 33.4 Å². The summed E-state index contributed by atoms with van der Waals surface area (Å²) in [6.07, 6.45) is 5.18. The van der Waals surface area contributed by atoms with Gasteiger partial charge in [0.05, 0.1) is 23.0 Å². The van der Waals surface area contributed by atoms with Crippen LogP contribution in [0.5, 0.6) is 0 Å². The molecular formula is C25H22Cl2FN3O3S. The highest BCUT2D eigenvalue weighted by Crippen LogP contribution is 2.36. The van der Waals surface area contributed by atoms with Gasteiger partial charge in [-0.1, -0.05) is 29.3 Å². The van der Waals surface area contributed by atoms with Crippen LogP contribution >= 0.6 is 34.5 Å². The quantitative estimate of drug-likeness (QED) is 0.340. The van der Waals surface area contributed by atoms with Gasteiger partial charge in [0, 0.05) is 38.6 Å². The van der Waals surface area contributed by atoms with Gasteiger partial charge >= 0.3 is 5.97 Å². The Bertz CT molecular complexity index is 1310. The number of thiophene rings is 1. The largest absolute Gasteiger partial charge is 0.481 e. The van der Waals surface area contributed by atoms with Crippen molar-refractivity contribution in [3.05, 3.63) is 85.9 Å². The third-order valence-electron chi connectivity index (χ3n) is 5.61. The van der Waals surface area contributed by atoms with Crippen LogP contribution in [-0.2, 0) is 4.79 Å². The Kier molecular flexibility index (Phi) is 7.74. The van der Waals surface area contributed by atoms with E-state index >= 15 is 0 Å². The van der Waals surface area contributed by atoms with Gasteiger partial charge in [-0.25, -0.2) is 4.39 Å². The summed E-state index contributed by atoms with van der Waals surface area (Å²) in [7, 11) is 0. The Labute approximate surface area is 215 Å². The second kappa shape index (κ2) is 10.8. The van der Waals surface area contributed by atoms with E-state index in [0.29, 0.717) is 27.0 Å². The lowest BCUT2D eigenvalue weighted by Gasteiger charge is -2.19. The number of carboxylic acid groups (broad SMARTS) is 1. The zero-order chi connectivity index (χ0) is 25.1. The number of aliphatic carboxylic acids is 1. The number of hydrogen-bond donors (Lipinski definition) is 2. The standard InChI is InChI=1S/C25H22Cl2FN3O3S/c1-14(22-6-7-23(35-22)25(34)29-9-8-24(32)33)31-21(15-2-4-19(28)5-3-15)13-20(30-31)16-10-17(26)12-18(27)11-16/h2,4-7,10-15H,3,8-9H2,1H3,(H,29,34)(H,32,33). The molecule has 0 spiro atoms. The fourth-order valence-electron chi connectivity index (χ4n) is 3.84. The highest BCUT2D eigenvalue weighted by Gasteiger charge is 2.24. The molecule has 0 saturated heterocycles. The Balaban J connectivity index is 1.65. The molecule has 182 valence electrons. The number of amides is 1. The fourth-order valence-corrected chi connectivity index (χ4v) is 5.33. The lowest BCUT2D eigenvalue weighted by molar-refractivity contribution is -0.136. The Morgan fingerprint density at radius 3 is 2.66 bits per heavy atom. The predicted octanol–water partition coefficient (Wildman–Crippen LogP) is 6.63. The number of nitrogens with one attached hydrogen (secondary N) is 1. The summed E-state index contributed by atoms with van der Waals surface area (Å²) < 4.78 is 15.5. The van der Waals surface area contributed by atoms with Crippen molar-refractivity contribution >= 4 is 46.4 Å². The first-order valence-electron chi connectivity index (χ1n) is 10.9. The maximum atomic E-state index is 13.6. The van der Waals surface area contributed by atoms with Crippen LogP contribution in [0.1, 0.15) is 52.0 Å². The van der Waals surface area contributed by atoms with E-state index in [2.05, 4.69) is 5.32 Å². The van der Waals surface area contributed by atoms with Gasteiger partial charge < -0.3 is 10.4 Å². The van der Waals surface area contributed by atoms with E-state index in [1.807, 2.05) is 29.8 Å². The van der Waals surface area contributed by atoms with E-state index < -0.39 is 5.97 Å². The van der Waals surface area contributed by atoms with Crippen molar-refractivity contribution in [2.75, 3.05) is 6.54 Å². The SMILES string of the molecule is CC(c1ccc(C(=O)NCCC(=O)O)s1)n1nc(-c2cc(Cl)cc(Cl)c2)cc1C1C=CC(F)=CC1. The molecule has 0 bridgehead atoms. The normalized spacial score (nSPS) is 16.1. The number of aromatic nitrogens is 2. The minimum atomic E-state index is -0.972. The summed E-state index contributed by atoms with van der Waals surface area (Å²) in [6, 6.07) is 10.5. The van der Waals surface area contributed by atoms with Crippen LogP contribution in [0.2, 0.25) is 10.0 Å². The van der Waals surface area contributed by atoms with Crippen LogP contribution in [0, 0.1) is 0 Å². The number of nitrogens with zero attached hydrogens (tertiary/aromatic N) is 2. The van der Waals surface area contributed by atoms with Gasteiger partial charge in [-0.15, -0.1) is 11.3 Å². The highest BCUT2D eigenvalue weighted by atomic mass is 35.5. The van der Waals surface area contributed by atoms with Gasteiger partial charge in [0.2, 0.25) is 0 Å². The van der Waals surface area contributed by atoms with E-state index in [9.17, 15) is 14.0 Å². The predicted molar refractivity (Wildman–Crippen MR) is 136 cm³/mol. The highest BCUT2D eigenvalue weighted by molar-refractivity contribution is 7.14. The van der Waals surface area contributed by atoms with Crippen molar-refractivity contribution in [3.63, 3.8) is 0 Å². The molecule has 3 aromatic rings.